The van der Waals surface area contributed by atoms with Gasteiger partial charge in [-0.1, -0.05) is 0 Å². The van der Waals surface area contributed by atoms with Crippen molar-refractivity contribution >= 4 is 11.9 Å². The number of carbonyl (C=O) groups is 2. The molecule has 3 fully saturated rings. The molecule has 0 aromatic heterocycles. The predicted molar refractivity (Wildman–Crippen MR) is 99.8 cm³/mol. The summed E-state index contributed by atoms with van der Waals surface area (Å²) in [4.78, 5) is 30.9. The molecule has 0 aliphatic carbocycles. The molecule has 3 aliphatic rings. The van der Waals surface area contributed by atoms with Crippen molar-refractivity contribution in [2.24, 2.45) is 5.92 Å². The predicted octanol–water partition coefficient (Wildman–Crippen LogP) is 0.158. The van der Waals surface area contributed by atoms with E-state index in [2.05, 4.69) is 15.1 Å². The average molecular weight is 367 g/mol. The molecule has 0 saturated carbocycles. The van der Waals surface area contributed by atoms with Gasteiger partial charge in [-0.15, -0.1) is 0 Å². The number of amides is 1. The molecule has 148 valence electrons. The second-order valence-corrected chi connectivity index (χ2v) is 7.90. The van der Waals surface area contributed by atoms with E-state index in [4.69, 9.17) is 4.74 Å². The normalized spacial score (nSPS) is 24.6. The lowest BCUT2D eigenvalue weighted by atomic mass is 9.93. The van der Waals surface area contributed by atoms with Crippen molar-refractivity contribution in [2.45, 2.75) is 38.1 Å². The summed E-state index contributed by atoms with van der Waals surface area (Å²) >= 11 is 0. The van der Waals surface area contributed by atoms with Crippen LogP contribution in [0.2, 0.25) is 0 Å². The van der Waals surface area contributed by atoms with E-state index in [1.807, 2.05) is 4.90 Å². The van der Waals surface area contributed by atoms with E-state index >= 15 is 0 Å². The number of nitrogens with one attached hydrogen (secondary N) is 1. The molecular weight excluding hydrogens is 332 g/mol. The van der Waals surface area contributed by atoms with Gasteiger partial charge in [-0.05, 0) is 44.7 Å². The number of hydrogen-bond donors (Lipinski definition) is 1. The first kappa shape index (κ1) is 19.6. The fourth-order valence-electron chi connectivity index (χ4n) is 4.46. The molecule has 26 heavy (non-hydrogen) atoms. The Bertz CT molecular complexity index is 465. The molecule has 0 unspecified atom stereocenters. The number of hydrogen-bond acceptors (Lipinski definition) is 6. The fraction of sp³-hybridized carbons (Fsp3) is 0.895. The highest BCUT2D eigenvalue weighted by Crippen LogP contribution is 2.21. The largest absolute Gasteiger partial charge is 0.469 e. The van der Waals surface area contributed by atoms with Gasteiger partial charge in [0.2, 0.25) is 5.91 Å². The maximum absolute atomic E-state index is 12.6. The molecule has 3 rings (SSSR count). The van der Waals surface area contributed by atoms with E-state index in [0.29, 0.717) is 18.9 Å². The maximum atomic E-state index is 12.6. The van der Waals surface area contributed by atoms with Gasteiger partial charge in [0.15, 0.2) is 0 Å². The third-order valence-corrected chi connectivity index (χ3v) is 6.24. The van der Waals surface area contributed by atoms with E-state index in [1.54, 1.807) is 0 Å². The molecule has 0 bridgehead atoms. The van der Waals surface area contributed by atoms with Crippen LogP contribution in [0.3, 0.4) is 0 Å². The van der Waals surface area contributed by atoms with Crippen molar-refractivity contribution in [3.63, 3.8) is 0 Å². The van der Waals surface area contributed by atoms with Gasteiger partial charge < -0.3 is 15.0 Å². The molecule has 0 aromatic carbocycles. The van der Waals surface area contributed by atoms with E-state index < -0.39 is 0 Å². The minimum atomic E-state index is -0.138. The molecular formula is C19H34N4O3. The van der Waals surface area contributed by atoms with Gasteiger partial charge in [-0.3, -0.25) is 19.4 Å². The van der Waals surface area contributed by atoms with Crippen LogP contribution in [0.1, 0.15) is 32.1 Å². The van der Waals surface area contributed by atoms with Crippen LogP contribution < -0.4 is 5.32 Å². The number of likely N-dealkylation sites (tertiary alicyclic amines) is 1. The minimum Gasteiger partial charge on any atom is -0.469 e. The SMILES string of the molecule is COC(=O)CC1CCN(C(=O)CN2CCN(C3CCNCC3)CC2)CC1. The van der Waals surface area contributed by atoms with Gasteiger partial charge in [-0.25, -0.2) is 0 Å². The van der Waals surface area contributed by atoms with Crippen molar-refractivity contribution in [3.05, 3.63) is 0 Å². The summed E-state index contributed by atoms with van der Waals surface area (Å²) in [5, 5.41) is 3.43. The molecule has 7 heteroatoms. The Balaban J connectivity index is 1.35. The minimum absolute atomic E-state index is 0.138. The van der Waals surface area contributed by atoms with Gasteiger partial charge in [-0.2, -0.15) is 0 Å². The second kappa shape index (κ2) is 9.67. The van der Waals surface area contributed by atoms with Crippen LogP contribution in [0, 0.1) is 5.92 Å². The molecule has 3 saturated heterocycles. The average Bonchev–Trinajstić information content (AvgIpc) is 2.69. The Labute approximate surface area is 157 Å². The summed E-state index contributed by atoms with van der Waals surface area (Å²) in [6.45, 7) is 8.51. The Hall–Kier alpha value is -1.18. The van der Waals surface area contributed by atoms with Gasteiger partial charge >= 0.3 is 5.97 Å². The van der Waals surface area contributed by atoms with E-state index in [-0.39, 0.29) is 11.9 Å². The molecule has 0 atom stereocenters. The quantitative estimate of drug-likeness (QED) is 0.699. The van der Waals surface area contributed by atoms with Gasteiger partial charge in [0.1, 0.15) is 0 Å². The number of rotatable bonds is 5. The van der Waals surface area contributed by atoms with E-state index in [1.165, 1.54) is 20.0 Å². The zero-order valence-electron chi connectivity index (χ0n) is 16.1. The summed E-state index contributed by atoms with van der Waals surface area (Å²) in [6.07, 6.45) is 4.80. The van der Waals surface area contributed by atoms with Crippen molar-refractivity contribution in [1.82, 2.24) is 20.0 Å². The van der Waals surface area contributed by atoms with E-state index in [0.717, 1.165) is 71.2 Å². The van der Waals surface area contributed by atoms with E-state index in [9.17, 15) is 9.59 Å². The number of ether oxygens (including phenoxy) is 1. The Morgan fingerprint density at radius 3 is 2.23 bits per heavy atom. The molecule has 1 N–H and O–H groups in total. The Morgan fingerprint density at radius 2 is 1.62 bits per heavy atom. The summed E-state index contributed by atoms with van der Waals surface area (Å²) < 4.78 is 4.75. The number of methoxy groups -OCH3 is 1. The van der Waals surface area contributed by atoms with Crippen molar-refractivity contribution in [2.75, 3.05) is 66.0 Å². The van der Waals surface area contributed by atoms with Gasteiger partial charge in [0.05, 0.1) is 13.7 Å². The van der Waals surface area contributed by atoms with Crippen LogP contribution in [0.15, 0.2) is 0 Å². The fourth-order valence-corrected chi connectivity index (χ4v) is 4.46. The Morgan fingerprint density at radius 1 is 0.962 bits per heavy atom. The van der Waals surface area contributed by atoms with Gasteiger partial charge in [0.25, 0.3) is 0 Å². The molecule has 0 spiro atoms. The standard InChI is InChI=1S/C19H34N4O3/c1-26-19(25)14-16-4-8-23(9-5-16)18(24)15-21-10-12-22(13-11-21)17-2-6-20-7-3-17/h16-17,20H,2-15H2,1H3. The number of piperidine rings is 2. The highest BCUT2D eigenvalue weighted by Gasteiger charge is 2.28. The Kier molecular flexibility index (Phi) is 7.28. The number of esters is 1. The first-order chi connectivity index (χ1) is 12.7. The lowest BCUT2D eigenvalue weighted by Crippen LogP contribution is -2.54. The summed E-state index contributed by atoms with van der Waals surface area (Å²) in [6, 6.07) is 0.725. The summed E-state index contributed by atoms with van der Waals surface area (Å²) in [7, 11) is 1.44. The van der Waals surface area contributed by atoms with Crippen LogP contribution in [0.4, 0.5) is 0 Å². The number of piperazine rings is 1. The molecule has 3 heterocycles. The van der Waals surface area contributed by atoms with Crippen LogP contribution in [-0.4, -0.2) is 98.6 Å². The first-order valence-corrected chi connectivity index (χ1v) is 10.2. The van der Waals surface area contributed by atoms with Crippen LogP contribution in [0.5, 0.6) is 0 Å². The highest BCUT2D eigenvalue weighted by atomic mass is 16.5. The molecule has 3 aliphatic heterocycles. The third-order valence-electron chi connectivity index (χ3n) is 6.24. The van der Waals surface area contributed by atoms with Crippen LogP contribution in [0.25, 0.3) is 0 Å². The maximum Gasteiger partial charge on any atom is 0.305 e. The van der Waals surface area contributed by atoms with Gasteiger partial charge in [0, 0.05) is 51.7 Å². The third kappa shape index (κ3) is 5.41. The van der Waals surface area contributed by atoms with Crippen LogP contribution >= 0.6 is 0 Å². The van der Waals surface area contributed by atoms with Crippen molar-refractivity contribution in [3.8, 4) is 0 Å². The smallest absolute Gasteiger partial charge is 0.305 e. The molecule has 1 amide bonds. The summed E-state index contributed by atoms with van der Waals surface area (Å²) in [5.74, 6) is 0.471. The topological polar surface area (TPSA) is 65.1 Å². The van der Waals surface area contributed by atoms with Crippen molar-refractivity contribution < 1.29 is 14.3 Å². The highest BCUT2D eigenvalue weighted by molar-refractivity contribution is 5.78. The second-order valence-electron chi connectivity index (χ2n) is 7.90. The lowest BCUT2D eigenvalue weighted by molar-refractivity contribution is -0.142. The zero-order valence-corrected chi connectivity index (χ0v) is 16.1. The first-order valence-electron chi connectivity index (χ1n) is 10.2. The number of carbonyl (C=O) groups excluding carboxylic acids is 2. The summed E-state index contributed by atoms with van der Waals surface area (Å²) in [5.41, 5.74) is 0. The zero-order chi connectivity index (χ0) is 18.4. The number of nitrogens with zero attached hydrogens (tertiary/aromatic N) is 3. The lowest BCUT2D eigenvalue weighted by Gasteiger charge is -2.41. The molecule has 7 nitrogen and oxygen atoms in total. The van der Waals surface area contributed by atoms with Crippen LogP contribution in [-0.2, 0) is 14.3 Å². The molecule has 0 aromatic rings. The molecule has 0 radical (unpaired) electrons. The monoisotopic (exact) mass is 366 g/mol. The van der Waals surface area contributed by atoms with Crippen molar-refractivity contribution in [1.29, 1.82) is 0 Å².